The number of urea groups is 1. The number of nitrogens with zero attached hydrogens (tertiary/aromatic N) is 1. The van der Waals surface area contributed by atoms with Gasteiger partial charge >= 0.3 is 12.0 Å². The summed E-state index contributed by atoms with van der Waals surface area (Å²) in [5.74, 6) is -1.34. The van der Waals surface area contributed by atoms with Gasteiger partial charge in [0.25, 0.3) is 0 Å². The second-order valence-electron chi connectivity index (χ2n) is 3.71. The van der Waals surface area contributed by atoms with Gasteiger partial charge in [-0.15, -0.1) is 0 Å². The summed E-state index contributed by atoms with van der Waals surface area (Å²) < 4.78 is 5.14. The highest BCUT2D eigenvalue weighted by Crippen LogP contribution is 2.11. The molecule has 1 aromatic rings. The lowest BCUT2D eigenvalue weighted by Crippen LogP contribution is -2.34. The first-order valence-electron chi connectivity index (χ1n) is 5.92. The molecule has 1 heterocycles. The van der Waals surface area contributed by atoms with Crippen LogP contribution in [0.3, 0.4) is 0 Å². The van der Waals surface area contributed by atoms with E-state index >= 15 is 0 Å². The van der Waals surface area contributed by atoms with Crippen molar-refractivity contribution in [3.63, 3.8) is 0 Å². The highest BCUT2D eigenvalue weighted by Gasteiger charge is 2.10. The van der Waals surface area contributed by atoms with Crippen molar-refractivity contribution >= 4 is 23.6 Å². The van der Waals surface area contributed by atoms with Gasteiger partial charge in [-0.05, 0) is 13.0 Å². The number of carbonyl (C=O) groups is 3. The number of carbonyl (C=O) groups excluding carboxylic acids is 2. The van der Waals surface area contributed by atoms with Crippen LogP contribution in [0.2, 0.25) is 0 Å². The smallest absolute Gasteiger partial charge is 0.325 e. The molecule has 0 aliphatic rings. The largest absolute Gasteiger partial charge is 0.481 e. The van der Waals surface area contributed by atoms with Crippen LogP contribution < -0.4 is 15.4 Å². The molecule has 8 nitrogen and oxygen atoms in total. The van der Waals surface area contributed by atoms with Gasteiger partial charge in [0.05, 0.1) is 24.9 Å². The zero-order chi connectivity index (χ0) is 15.0. The first kappa shape index (κ1) is 15.4. The van der Waals surface area contributed by atoms with E-state index in [0.717, 1.165) is 0 Å². The Balaban J connectivity index is 2.41. The Hall–Kier alpha value is -2.64. The van der Waals surface area contributed by atoms with Gasteiger partial charge in [0.2, 0.25) is 11.8 Å². The van der Waals surface area contributed by atoms with Gasteiger partial charge in [0.1, 0.15) is 0 Å². The standard InChI is InChI=1S/C12H15N3O5/c1-2-20-10-5-3-8(7-13-10)14-12(19)15-9(16)4-6-11(17)18/h3,5,7H,2,4,6H2,1H3,(H,17,18)(H2,14,15,16,19). The fourth-order valence-electron chi connectivity index (χ4n) is 1.26. The number of rotatable bonds is 6. The Morgan fingerprint density at radius 3 is 2.60 bits per heavy atom. The minimum Gasteiger partial charge on any atom is -0.481 e. The highest BCUT2D eigenvalue weighted by atomic mass is 16.5. The number of amides is 3. The summed E-state index contributed by atoms with van der Waals surface area (Å²) in [7, 11) is 0. The summed E-state index contributed by atoms with van der Waals surface area (Å²) in [6, 6.07) is 2.40. The molecule has 0 radical (unpaired) electrons. The van der Waals surface area contributed by atoms with Crippen molar-refractivity contribution < 1.29 is 24.2 Å². The van der Waals surface area contributed by atoms with E-state index in [1.54, 1.807) is 12.1 Å². The summed E-state index contributed by atoms with van der Waals surface area (Å²) in [6.07, 6.45) is 0.792. The molecule has 0 bridgehead atoms. The van der Waals surface area contributed by atoms with Gasteiger partial charge in [-0.2, -0.15) is 0 Å². The molecule has 0 unspecified atom stereocenters. The van der Waals surface area contributed by atoms with E-state index in [1.165, 1.54) is 6.20 Å². The summed E-state index contributed by atoms with van der Waals surface area (Å²) >= 11 is 0. The third-order valence-electron chi connectivity index (χ3n) is 2.11. The summed E-state index contributed by atoms with van der Waals surface area (Å²) in [4.78, 5) is 36.8. The molecule has 20 heavy (non-hydrogen) atoms. The van der Waals surface area contributed by atoms with Crippen LogP contribution in [0.1, 0.15) is 19.8 Å². The van der Waals surface area contributed by atoms with Crippen LogP contribution in [0.4, 0.5) is 10.5 Å². The average molecular weight is 281 g/mol. The van der Waals surface area contributed by atoms with Crippen LogP contribution in [0.5, 0.6) is 5.88 Å². The predicted octanol–water partition coefficient (Wildman–Crippen LogP) is 0.993. The number of hydrogen-bond donors (Lipinski definition) is 3. The molecule has 0 aromatic carbocycles. The zero-order valence-electron chi connectivity index (χ0n) is 10.9. The van der Waals surface area contributed by atoms with Crippen molar-refractivity contribution in [2.45, 2.75) is 19.8 Å². The molecule has 0 spiro atoms. The molecule has 0 saturated carbocycles. The van der Waals surface area contributed by atoms with Crippen LogP contribution >= 0.6 is 0 Å². The monoisotopic (exact) mass is 281 g/mol. The number of carboxylic acid groups (broad SMARTS) is 1. The van der Waals surface area contributed by atoms with Crippen molar-refractivity contribution in [1.82, 2.24) is 10.3 Å². The van der Waals surface area contributed by atoms with Crippen molar-refractivity contribution in [2.24, 2.45) is 0 Å². The van der Waals surface area contributed by atoms with E-state index in [0.29, 0.717) is 18.2 Å². The number of nitrogens with one attached hydrogen (secondary N) is 2. The first-order chi connectivity index (χ1) is 9.51. The number of aromatic nitrogens is 1. The quantitative estimate of drug-likeness (QED) is 0.715. The Kier molecular flexibility index (Phi) is 5.95. The third kappa shape index (κ3) is 5.80. The van der Waals surface area contributed by atoms with Crippen LogP contribution in [0, 0.1) is 0 Å². The maximum absolute atomic E-state index is 11.4. The maximum atomic E-state index is 11.4. The SMILES string of the molecule is CCOc1ccc(NC(=O)NC(=O)CCC(=O)O)cn1. The number of aliphatic carboxylic acids is 1. The molecular weight excluding hydrogens is 266 g/mol. The third-order valence-corrected chi connectivity index (χ3v) is 2.11. The number of pyridine rings is 1. The van der Waals surface area contributed by atoms with Gasteiger partial charge in [-0.3, -0.25) is 14.9 Å². The number of imide groups is 1. The predicted molar refractivity (Wildman–Crippen MR) is 69.4 cm³/mol. The van der Waals surface area contributed by atoms with Gasteiger partial charge in [-0.25, -0.2) is 9.78 Å². The number of carboxylic acids is 1. The number of anilines is 1. The number of hydrogen-bond acceptors (Lipinski definition) is 5. The topological polar surface area (TPSA) is 118 Å². The molecule has 0 atom stereocenters. The molecule has 0 fully saturated rings. The maximum Gasteiger partial charge on any atom is 0.325 e. The molecule has 0 aliphatic heterocycles. The average Bonchev–Trinajstić information content (AvgIpc) is 2.39. The summed E-state index contributed by atoms with van der Waals surface area (Å²) in [6.45, 7) is 2.31. The number of ether oxygens (including phenoxy) is 1. The van der Waals surface area contributed by atoms with E-state index in [1.807, 2.05) is 12.2 Å². The molecule has 8 heteroatoms. The fourth-order valence-corrected chi connectivity index (χ4v) is 1.26. The van der Waals surface area contributed by atoms with E-state index in [-0.39, 0.29) is 12.8 Å². The van der Waals surface area contributed by atoms with Gasteiger partial charge in [-0.1, -0.05) is 0 Å². The Labute approximate surface area is 115 Å². The van der Waals surface area contributed by atoms with Crippen molar-refractivity contribution in [3.8, 4) is 5.88 Å². The Morgan fingerprint density at radius 2 is 2.05 bits per heavy atom. The van der Waals surface area contributed by atoms with Crippen molar-refractivity contribution in [3.05, 3.63) is 18.3 Å². The first-order valence-corrected chi connectivity index (χ1v) is 5.92. The Bertz CT molecular complexity index is 486. The molecule has 3 N–H and O–H groups in total. The molecule has 1 aromatic heterocycles. The van der Waals surface area contributed by atoms with Gasteiger partial charge in [0.15, 0.2) is 0 Å². The lowest BCUT2D eigenvalue weighted by molar-refractivity contribution is -0.138. The minimum atomic E-state index is -1.10. The Morgan fingerprint density at radius 1 is 1.30 bits per heavy atom. The van der Waals surface area contributed by atoms with Gasteiger partial charge < -0.3 is 15.2 Å². The molecule has 0 aliphatic carbocycles. The normalized spacial score (nSPS) is 9.65. The van der Waals surface area contributed by atoms with Crippen molar-refractivity contribution in [2.75, 3.05) is 11.9 Å². The molecule has 3 amide bonds. The van der Waals surface area contributed by atoms with Crippen LogP contribution in [-0.4, -0.2) is 34.6 Å². The molecule has 1 rings (SSSR count). The molecule has 108 valence electrons. The fraction of sp³-hybridized carbons (Fsp3) is 0.333. The summed E-state index contributed by atoms with van der Waals surface area (Å²) in [5, 5.41) is 12.8. The highest BCUT2D eigenvalue weighted by molar-refractivity contribution is 6.01. The van der Waals surface area contributed by atoms with Crippen LogP contribution in [-0.2, 0) is 9.59 Å². The second-order valence-corrected chi connectivity index (χ2v) is 3.71. The molecule has 0 saturated heterocycles. The second kappa shape index (κ2) is 7.72. The van der Waals surface area contributed by atoms with Gasteiger partial charge in [0, 0.05) is 12.5 Å². The molecular formula is C12H15N3O5. The van der Waals surface area contributed by atoms with E-state index in [2.05, 4.69) is 10.3 Å². The van der Waals surface area contributed by atoms with Crippen molar-refractivity contribution in [1.29, 1.82) is 0 Å². The lowest BCUT2D eigenvalue weighted by Gasteiger charge is -2.07. The van der Waals surface area contributed by atoms with E-state index in [9.17, 15) is 14.4 Å². The van der Waals surface area contributed by atoms with E-state index < -0.39 is 17.9 Å². The summed E-state index contributed by atoms with van der Waals surface area (Å²) in [5.41, 5.74) is 0.386. The zero-order valence-corrected chi connectivity index (χ0v) is 10.9. The lowest BCUT2D eigenvalue weighted by atomic mass is 10.3. The minimum absolute atomic E-state index is 0.260. The van der Waals surface area contributed by atoms with Crippen LogP contribution in [0.15, 0.2) is 18.3 Å². The van der Waals surface area contributed by atoms with E-state index in [4.69, 9.17) is 9.84 Å². The van der Waals surface area contributed by atoms with Crippen LogP contribution in [0.25, 0.3) is 0 Å².